The fraction of sp³-hybridized carbons (Fsp3) is 0.136. The minimum Gasteiger partial charge on any atom is -0.322 e. The van der Waals surface area contributed by atoms with Crippen LogP contribution in [0.1, 0.15) is 21.5 Å². The molecule has 0 atom stereocenters. The Kier molecular flexibility index (Phi) is 5.51. The molecule has 3 rings (SSSR count). The highest BCUT2D eigenvalue weighted by Gasteiger charge is 2.21. The summed E-state index contributed by atoms with van der Waals surface area (Å²) in [6.07, 6.45) is 0. The van der Waals surface area contributed by atoms with Crippen molar-refractivity contribution in [2.75, 3.05) is 16.7 Å². The summed E-state index contributed by atoms with van der Waals surface area (Å²) >= 11 is 0. The van der Waals surface area contributed by atoms with Crippen LogP contribution in [0.5, 0.6) is 0 Å². The van der Waals surface area contributed by atoms with Crippen molar-refractivity contribution >= 4 is 27.3 Å². The number of sulfonamides is 1. The molecule has 0 aliphatic heterocycles. The quantitative estimate of drug-likeness (QED) is 0.698. The van der Waals surface area contributed by atoms with Gasteiger partial charge in [0.05, 0.1) is 10.6 Å². The van der Waals surface area contributed by atoms with Crippen molar-refractivity contribution in [3.8, 4) is 0 Å². The van der Waals surface area contributed by atoms with Crippen LogP contribution in [0.2, 0.25) is 0 Å². The van der Waals surface area contributed by atoms with E-state index in [-0.39, 0.29) is 10.8 Å². The van der Waals surface area contributed by atoms with Crippen LogP contribution in [0, 0.1) is 13.8 Å². The molecule has 0 aromatic heterocycles. The molecule has 1 amide bonds. The van der Waals surface area contributed by atoms with Crippen molar-refractivity contribution in [1.29, 1.82) is 0 Å². The summed E-state index contributed by atoms with van der Waals surface area (Å²) in [5, 5.41) is 2.86. The van der Waals surface area contributed by atoms with Crippen LogP contribution in [0.4, 0.5) is 11.4 Å². The van der Waals surface area contributed by atoms with Gasteiger partial charge in [-0.15, -0.1) is 0 Å². The van der Waals surface area contributed by atoms with Gasteiger partial charge in [-0.1, -0.05) is 30.3 Å². The number of amides is 1. The van der Waals surface area contributed by atoms with Gasteiger partial charge in [-0.25, -0.2) is 8.42 Å². The fourth-order valence-corrected chi connectivity index (χ4v) is 3.96. The van der Waals surface area contributed by atoms with Crippen molar-refractivity contribution < 1.29 is 13.2 Å². The van der Waals surface area contributed by atoms with Gasteiger partial charge >= 0.3 is 0 Å². The van der Waals surface area contributed by atoms with Gasteiger partial charge in [0.15, 0.2) is 0 Å². The van der Waals surface area contributed by atoms with Crippen molar-refractivity contribution in [3.63, 3.8) is 0 Å². The molecule has 0 saturated heterocycles. The molecule has 0 saturated carbocycles. The summed E-state index contributed by atoms with van der Waals surface area (Å²) in [6.45, 7) is 3.99. The predicted molar refractivity (Wildman–Crippen MR) is 112 cm³/mol. The van der Waals surface area contributed by atoms with E-state index in [2.05, 4.69) is 5.32 Å². The molecule has 0 spiro atoms. The Hall–Kier alpha value is -3.12. The van der Waals surface area contributed by atoms with E-state index in [1.807, 2.05) is 32.0 Å². The van der Waals surface area contributed by atoms with E-state index in [4.69, 9.17) is 0 Å². The van der Waals surface area contributed by atoms with Crippen LogP contribution in [0.15, 0.2) is 77.7 Å². The Morgan fingerprint density at radius 1 is 0.857 bits per heavy atom. The first-order valence-corrected chi connectivity index (χ1v) is 10.3. The molecule has 28 heavy (non-hydrogen) atoms. The van der Waals surface area contributed by atoms with E-state index in [0.29, 0.717) is 16.9 Å². The Morgan fingerprint density at radius 2 is 1.57 bits per heavy atom. The van der Waals surface area contributed by atoms with Gasteiger partial charge in [-0.05, 0) is 67.4 Å². The standard InChI is InChI=1S/C22H22N2O3S/c1-16-12-13-19(14-17(16)2)23-22(25)18-8-7-9-20(15-18)24(3)28(26,27)21-10-5-4-6-11-21/h4-15H,1-3H3,(H,23,25). The normalized spacial score (nSPS) is 11.1. The molecular formula is C22H22N2O3S. The zero-order valence-corrected chi connectivity index (χ0v) is 16.8. The second-order valence-corrected chi connectivity index (χ2v) is 8.56. The zero-order valence-electron chi connectivity index (χ0n) is 16.0. The predicted octanol–water partition coefficient (Wildman–Crippen LogP) is 4.38. The molecule has 0 aliphatic rings. The lowest BCUT2D eigenvalue weighted by Gasteiger charge is -2.20. The van der Waals surface area contributed by atoms with Gasteiger partial charge < -0.3 is 5.32 Å². The fourth-order valence-electron chi connectivity index (χ4n) is 2.75. The van der Waals surface area contributed by atoms with Crippen LogP contribution in [0.25, 0.3) is 0 Å². The second kappa shape index (κ2) is 7.86. The third kappa shape index (κ3) is 4.07. The minimum absolute atomic E-state index is 0.197. The molecule has 3 aromatic rings. The SMILES string of the molecule is Cc1ccc(NC(=O)c2cccc(N(C)S(=O)(=O)c3ccccc3)c2)cc1C. The number of aryl methyl sites for hydroxylation is 2. The summed E-state index contributed by atoms with van der Waals surface area (Å²) in [5.74, 6) is -0.296. The minimum atomic E-state index is -3.70. The second-order valence-electron chi connectivity index (χ2n) is 6.59. The maximum Gasteiger partial charge on any atom is 0.264 e. The topological polar surface area (TPSA) is 66.5 Å². The van der Waals surface area contributed by atoms with Gasteiger partial charge in [0.2, 0.25) is 0 Å². The molecule has 1 N–H and O–H groups in total. The molecular weight excluding hydrogens is 372 g/mol. The molecule has 0 radical (unpaired) electrons. The van der Waals surface area contributed by atoms with Crippen molar-refractivity contribution in [3.05, 3.63) is 89.5 Å². The molecule has 144 valence electrons. The number of rotatable bonds is 5. The maximum absolute atomic E-state index is 12.8. The number of carbonyl (C=O) groups is 1. The van der Waals surface area contributed by atoms with Crippen molar-refractivity contribution in [1.82, 2.24) is 0 Å². The van der Waals surface area contributed by atoms with E-state index in [1.165, 1.54) is 11.4 Å². The van der Waals surface area contributed by atoms with Crippen LogP contribution < -0.4 is 9.62 Å². The number of benzene rings is 3. The van der Waals surface area contributed by atoms with Crippen LogP contribution in [-0.4, -0.2) is 21.4 Å². The number of anilines is 2. The number of nitrogens with zero attached hydrogens (tertiary/aromatic N) is 1. The Balaban J connectivity index is 1.85. The summed E-state index contributed by atoms with van der Waals surface area (Å²) in [4.78, 5) is 12.8. The highest BCUT2D eigenvalue weighted by Crippen LogP contribution is 2.23. The summed E-state index contributed by atoms with van der Waals surface area (Å²) in [7, 11) is -2.23. The van der Waals surface area contributed by atoms with Crippen LogP contribution >= 0.6 is 0 Å². The zero-order chi connectivity index (χ0) is 20.3. The first-order chi connectivity index (χ1) is 13.3. The van der Waals surface area contributed by atoms with E-state index < -0.39 is 10.0 Å². The van der Waals surface area contributed by atoms with Gasteiger partial charge in [-0.3, -0.25) is 9.10 Å². The first kappa shape index (κ1) is 19.6. The van der Waals surface area contributed by atoms with Gasteiger partial charge in [0, 0.05) is 18.3 Å². The van der Waals surface area contributed by atoms with Gasteiger partial charge in [-0.2, -0.15) is 0 Å². The largest absolute Gasteiger partial charge is 0.322 e. The average Bonchev–Trinajstić information content (AvgIpc) is 2.71. The first-order valence-electron chi connectivity index (χ1n) is 8.82. The highest BCUT2D eigenvalue weighted by molar-refractivity contribution is 7.92. The van der Waals surface area contributed by atoms with E-state index in [1.54, 1.807) is 54.6 Å². The van der Waals surface area contributed by atoms with Crippen molar-refractivity contribution in [2.24, 2.45) is 0 Å². The van der Waals surface area contributed by atoms with Gasteiger partial charge in [0.1, 0.15) is 0 Å². The maximum atomic E-state index is 12.8. The van der Waals surface area contributed by atoms with Crippen LogP contribution in [0.3, 0.4) is 0 Å². The molecule has 5 nitrogen and oxygen atoms in total. The lowest BCUT2D eigenvalue weighted by Crippen LogP contribution is -2.26. The highest BCUT2D eigenvalue weighted by atomic mass is 32.2. The Bertz CT molecular complexity index is 1110. The van der Waals surface area contributed by atoms with Gasteiger partial charge in [0.25, 0.3) is 15.9 Å². The summed E-state index contributed by atoms with van der Waals surface area (Å²) < 4.78 is 26.8. The summed E-state index contributed by atoms with van der Waals surface area (Å²) in [6, 6.07) is 20.4. The molecule has 6 heteroatoms. The molecule has 0 bridgehead atoms. The third-order valence-electron chi connectivity index (χ3n) is 4.64. The smallest absolute Gasteiger partial charge is 0.264 e. The lowest BCUT2D eigenvalue weighted by molar-refractivity contribution is 0.102. The number of nitrogens with one attached hydrogen (secondary N) is 1. The van der Waals surface area contributed by atoms with E-state index in [9.17, 15) is 13.2 Å². The Labute approximate surface area is 165 Å². The molecule has 0 fully saturated rings. The third-order valence-corrected chi connectivity index (χ3v) is 6.44. The molecule has 0 heterocycles. The summed E-state index contributed by atoms with van der Waals surface area (Å²) in [5.41, 5.74) is 3.72. The number of carbonyl (C=O) groups excluding carboxylic acids is 1. The van der Waals surface area contributed by atoms with E-state index in [0.717, 1.165) is 11.1 Å². The van der Waals surface area contributed by atoms with Crippen molar-refractivity contribution in [2.45, 2.75) is 18.7 Å². The Morgan fingerprint density at radius 3 is 2.25 bits per heavy atom. The van der Waals surface area contributed by atoms with Crippen LogP contribution in [-0.2, 0) is 10.0 Å². The van der Waals surface area contributed by atoms with E-state index >= 15 is 0 Å². The number of hydrogen-bond acceptors (Lipinski definition) is 3. The molecule has 0 unspecified atom stereocenters. The monoisotopic (exact) mass is 394 g/mol. The molecule has 3 aromatic carbocycles. The average molecular weight is 394 g/mol. The number of hydrogen-bond donors (Lipinski definition) is 1. The molecule has 0 aliphatic carbocycles. The lowest BCUT2D eigenvalue weighted by atomic mass is 10.1.